The molecule has 0 aromatic rings. The molecule has 0 saturated carbocycles. The van der Waals surface area contributed by atoms with Crippen molar-refractivity contribution in [1.82, 2.24) is 10.2 Å². The molecule has 0 bridgehead atoms. The summed E-state index contributed by atoms with van der Waals surface area (Å²) >= 11 is 0. The Labute approximate surface area is 103 Å². The second-order valence-corrected chi connectivity index (χ2v) is 7.68. The maximum atomic E-state index is 11.4. The number of piperidine rings is 1. The average Bonchev–Trinajstić information content (AvgIpc) is 2.59. The van der Waals surface area contributed by atoms with E-state index in [1.54, 1.807) is 0 Å². The molecule has 1 unspecified atom stereocenters. The molecular formula is C11H22N2O3S. The largest absolute Gasteiger partial charge is 0.388 e. The zero-order chi connectivity index (χ0) is 12.5. The smallest absolute Gasteiger partial charge is 0.151 e. The molecule has 0 aromatic heterocycles. The summed E-state index contributed by atoms with van der Waals surface area (Å²) in [6.45, 7) is 2.26. The minimum absolute atomic E-state index is 0.0823. The van der Waals surface area contributed by atoms with Gasteiger partial charge in [0.05, 0.1) is 17.1 Å². The third kappa shape index (κ3) is 3.40. The lowest BCUT2D eigenvalue weighted by Gasteiger charge is -2.37. The Bertz CT molecular complexity index is 363. The number of rotatable bonds is 3. The highest BCUT2D eigenvalue weighted by atomic mass is 32.2. The van der Waals surface area contributed by atoms with E-state index in [9.17, 15) is 13.5 Å². The van der Waals surface area contributed by atoms with Crippen LogP contribution in [0.4, 0.5) is 0 Å². The molecule has 2 N–H and O–H groups in total. The van der Waals surface area contributed by atoms with Gasteiger partial charge >= 0.3 is 0 Å². The van der Waals surface area contributed by atoms with Crippen LogP contribution in [-0.2, 0) is 9.84 Å². The fraction of sp³-hybridized carbons (Fsp3) is 1.00. The summed E-state index contributed by atoms with van der Waals surface area (Å²) in [5.41, 5.74) is -0.646. The predicted molar refractivity (Wildman–Crippen MR) is 66.7 cm³/mol. The van der Waals surface area contributed by atoms with E-state index >= 15 is 0 Å². The molecule has 2 fully saturated rings. The summed E-state index contributed by atoms with van der Waals surface area (Å²) in [5.74, 6) is 0.541. The number of hydrogen-bond acceptors (Lipinski definition) is 5. The molecule has 17 heavy (non-hydrogen) atoms. The summed E-state index contributed by atoms with van der Waals surface area (Å²) in [6, 6.07) is 0.0823. The van der Waals surface area contributed by atoms with Crippen LogP contribution in [0.25, 0.3) is 0 Å². The van der Waals surface area contributed by atoms with Crippen LogP contribution in [0.1, 0.15) is 19.3 Å². The number of hydrogen-bond donors (Lipinski definition) is 2. The first-order valence-electron chi connectivity index (χ1n) is 6.24. The van der Waals surface area contributed by atoms with Gasteiger partial charge in [0, 0.05) is 12.6 Å². The minimum Gasteiger partial charge on any atom is -0.388 e. The van der Waals surface area contributed by atoms with Gasteiger partial charge in [-0.2, -0.15) is 0 Å². The van der Waals surface area contributed by atoms with Crippen LogP contribution in [0.15, 0.2) is 0 Å². The number of sulfone groups is 1. The molecule has 0 radical (unpaired) electrons. The van der Waals surface area contributed by atoms with Crippen molar-refractivity contribution >= 4 is 9.84 Å². The van der Waals surface area contributed by atoms with Gasteiger partial charge in [0.1, 0.15) is 0 Å². The molecule has 6 heteroatoms. The van der Waals surface area contributed by atoms with E-state index in [0.29, 0.717) is 18.7 Å². The third-order valence-electron chi connectivity index (χ3n) is 3.91. The lowest BCUT2D eigenvalue weighted by atomic mass is 9.91. The zero-order valence-electron chi connectivity index (χ0n) is 10.4. The lowest BCUT2D eigenvalue weighted by Crippen LogP contribution is -2.51. The maximum absolute atomic E-state index is 11.4. The van der Waals surface area contributed by atoms with E-state index < -0.39 is 15.4 Å². The molecule has 0 aromatic carbocycles. The molecule has 0 amide bonds. The Hall–Kier alpha value is -0.170. The molecular weight excluding hydrogens is 240 g/mol. The van der Waals surface area contributed by atoms with Crippen LogP contribution in [0.2, 0.25) is 0 Å². The van der Waals surface area contributed by atoms with Gasteiger partial charge in [0.25, 0.3) is 0 Å². The number of nitrogens with zero attached hydrogens (tertiary/aromatic N) is 1. The second kappa shape index (κ2) is 4.84. The average molecular weight is 262 g/mol. The molecule has 0 aliphatic carbocycles. The zero-order valence-corrected chi connectivity index (χ0v) is 11.2. The molecule has 2 rings (SSSR count). The maximum Gasteiger partial charge on any atom is 0.151 e. The monoisotopic (exact) mass is 262 g/mol. The Balaban J connectivity index is 1.90. The van der Waals surface area contributed by atoms with Crippen LogP contribution >= 0.6 is 0 Å². The van der Waals surface area contributed by atoms with E-state index in [2.05, 4.69) is 5.32 Å². The van der Waals surface area contributed by atoms with Crippen molar-refractivity contribution in [3.8, 4) is 0 Å². The predicted octanol–water partition coefficient (Wildman–Crippen LogP) is -0.780. The first-order valence-corrected chi connectivity index (χ1v) is 8.06. The fourth-order valence-electron chi connectivity index (χ4n) is 2.77. The highest BCUT2D eigenvalue weighted by Gasteiger charge is 2.36. The van der Waals surface area contributed by atoms with E-state index in [4.69, 9.17) is 0 Å². The highest BCUT2D eigenvalue weighted by molar-refractivity contribution is 7.91. The standard InChI is InChI=1S/C11H22N2O3S/c1-13(10-2-7-17(15,16)8-10)9-11(14)3-5-12-6-4-11/h10,12,14H,2-9H2,1H3. The number of nitrogens with one attached hydrogen (secondary N) is 1. The summed E-state index contributed by atoms with van der Waals surface area (Å²) < 4.78 is 22.8. The number of aliphatic hydroxyl groups is 1. The van der Waals surface area contributed by atoms with Crippen molar-refractivity contribution in [3.63, 3.8) is 0 Å². The molecule has 0 spiro atoms. The van der Waals surface area contributed by atoms with E-state index in [0.717, 1.165) is 25.9 Å². The van der Waals surface area contributed by atoms with Crippen molar-refractivity contribution in [3.05, 3.63) is 0 Å². The van der Waals surface area contributed by atoms with Crippen molar-refractivity contribution in [2.24, 2.45) is 0 Å². The van der Waals surface area contributed by atoms with Crippen LogP contribution in [0, 0.1) is 0 Å². The summed E-state index contributed by atoms with van der Waals surface area (Å²) in [7, 11) is -0.915. The molecule has 2 aliphatic heterocycles. The molecule has 1 atom stereocenters. The Morgan fingerprint density at radius 1 is 1.41 bits per heavy atom. The van der Waals surface area contributed by atoms with Crippen LogP contribution < -0.4 is 5.32 Å². The molecule has 2 saturated heterocycles. The highest BCUT2D eigenvalue weighted by Crippen LogP contribution is 2.23. The Morgan fingerprint density at radius 3 is 2.59 bits per heavy atom. The van der Waals surface area contributed by atoms with Crippen molar-refractivity contribution in [2.45, 2.75) is 30.9 Å². The molecule has 100 valence electrons. The number of likely N-dealkylation sites (N-methyl/N-ethyl adjacent to an activating group) is 1. The van der Waals surface area contributed by atoms with E-state index in [1.165, 1.54) is 0 Å². The first-order chi connectivity index (χ1) is 7.90. The molecule has 2 aliphatic rings. The van der Waals surface area contributed by atoms with E-state index in [-0.39, 0.29) is 11.8 Å². The summed E-state index contributed by atoms with van der Waals surface area (Å²) in [5, 5.41) is 13.6. The van der Waals surface area contributed by atoms with Gasteiger partial charge < -0.3 is 10.4 Å². The summed E-state index contributed by atoms with van der Waals surface area (Å²) in [6.07, 6.45) is 2.20. The fourth-order valence-corrected chi connectivity index (χ4v) is 4.57. The second-order valence-electron chi connectivity index (χ2n) is 5.45. The van der Waals surface area contributed by atoms with Gasteiger partial charge in [-0.1, -0.05) is 0 Å². The normalized spacial score (nSPS) is 31.8. The van der Waals surface area contributed by atoms with Crippen LogP contribution in [-0.4, -0.2) is 68.3 Å². The van der Waals surface area contributed by atoms with Gasteiger partial charge in [-0.05, 0) is 39.4 Å². The summed E-state index contributed by atoms with van der Waals surface area (Å²) in [4.78, 5) is 2.02. The van der Waals surface area contributed by atoms with Gasteiger partial charge in [-0.3, -0.25) is 4.90 Å². The van der Waals surface area contributed by atoms with Gasteiger partial charge in [-0.25, -0.2) is 8.42 Å². The van der Waals surface area contributed by atoms with Crippen molar-refractivity contribution in [1.29, 1.82) is 0 Å². The SMILES string of the molecule is CN(CC1(O)CCNCC1)C1CCS(=O)(=O)C1. The first kappa shape index (κ1) is 13.3. The van der Waals surface area contributed by atoms with Gasteiger partial charge in [0.15, 0.2) is 9.84 Å². The third-order valence-corrected chi connectivity index (χ3v) is 5.66. The van der Waals surface area contributed by atoms with Gasteiger partial charge in [0.2, 0.25) is 0 Å². The van der Waals surface area contributed by atoms with Crippen LogP contribution in [0.5, 0.6) is 0 Å². The Kier molecular flexibility index (Phi) is 3.77. The van der Waals surface area contributed by atoms with Crippen molar-refractivity contribution in [2.75, 3.05) is 38.2 Å². The van der Waals surface area contributed by atoms with Gasteiger partial charge in [-0.15, -0.1) is 0 Å². The Morgan fingerprint density at radius 2 is 2.06 bits per heavy atom. The molecule has 2 heterocycles. The van der Waals surface area contributed by atoms with E-state index in [1.807, 2.05) is 11.9 Å². The topological polar surface area (TPSA) is 69.6 Å². The quantitative estimate of drug-likeness (QED) is 0.698. The van der Waals surface area contributed by atoms with Crippen LogP contribution in [0.3, 0.4) is 0 Å². The lowest BCUT2D eigenvalue weighted by molar-refractivity contribution is -0.0219. The molecule has 5 nitrogen and oxygen atoms in total. The minimum atomic E-state index is -2.84. The van der Waals surface area contributed by atoms with Crippen molar-refractivity contribution < 1.29 is 13.5 Å².